The maximum Gasteiger partial charge on any atom is 0.272 e. The molecule has 0 radical (unpaired) electrons. The highest BCUT2D eigenvalue weighted by Crippen LogP contribution is 2.28. The fourth-order valence-corrected chi connectivity index (χ4v) is 5.20. The topological polar surface area (TPSA) is 115 Å². The van der Waals surface area contributed by atoms with E-state index in [9.17, 15) is 14.4 Å². The van der Waals surface area contributed by atoms with Crippen LogP contribution < -0.4 is 10.6 Å². The molecule has 244 valence electrons. The van der Waals surface area contributed by atoms with Crippen molar-refractivity contribution in [2.45, 2.75) is 98.6 Å². The molecule has 2 aromatic heterocycles. The van der Waals surface area contributed by atoms with Gasteiger partial charge in [-0.25, -0.2) is 4.98 Å². The molecule has 1 aromatic carbocycles. The summed E-state index contributed by atoms with van der Waals surface area (Å²) in [5.41, 5.74) is 2.89. The maximum atomic E-state index is 12.9. The number of carbonyl (C=O) groups excluding carboxylic acids is 3. The number of nitrogens with one attached hydrogen (secondary N) is 2. The summed E-state index contributed by atoms with van der Waals surface area (Å²) in [6.07, 6.45) is 13.0. The highest BCUT2D eigenvalue weighted by atomic mass is 32.1. The molecule has 2 amide bonds. The standard InChI is InChI=1S/C26H29N5O4S.C5H10.C4H10/c1-5-7-17-8-9-18(12-19(17)16(3)32)22-13-36-25(28-22)29-23(33)20(6-2)27-24(34)21-10-11-31(30-21)26(4)14-35-15-26;1-5-3-2-4-5;1-3-4-2/h5,7-13,20H,6,14-15H2,1-4H3,(H,27,34)(H,28,29,33);5H,2-4H2,1H3;3-4H2,1-2H3/b7-5-;;. The molecule has 1 atom stereocenters. The van der Waals surface area contributed by atoms with Crippen LogP contribution >= 0.6 is 11.3 Å². The van der Waals surface area contributed by atoms with E-state index < -0.39 is 11.9 Å². The second-order valence-electron chi connectivity index (χ2n) is 12.0. The number of ether oxygens (including phenoxy) is 1. The molecule has 45 heavy (non-hydrogen) atoms. The number of allylic oxidation sites excluding steroid dienone is 1. The Bertz CT molecular complexity index is 1450. The highest BCUT2D eigenvalue weighted by Gasteiger charge is 2.36. The second-order valence-corrected chi connectivity index (χ2v) is 12.8. The monoisotopic (exact) mass is 635 g/mol. The quantitative estimate of drug-likeness (QED) is 0.220. The molecule has 3 heterocycles. The van der Waals surface area contributed by atoms with Gasteiger partial charge in [0.1, 0.15) is 17.3 Å². The Morgan fingerprint density at radius 3 is 2.36 bits per heavy atom. The Labute approximate surface area is 271 Å². The van der Waals surface area contributed by atoms with Crippen LogP contribution in [-0.4, -0.2) is 51.6 Å². The average molecular weight is 636 g/mol. The van der Waals surface area contributed by atoms with Gasteiger partial charge in [-0.15, -0.1) is 11.3 Å². The smallest absolute Gasteiger partial charge is 0.272 e. The molecule has 2 aliphatic rings. The molecule has 10 heteroatoms. The van der Waals surface area contributed by atoms with E-state index in [2.05, 4.69) is 41.5 Å². The third-order valence-corrected chi connectivity index (χ3v) is 8.69. The summed E-state index contributed by atoms with van der Waals surface area (Å²) in [5.74, 6) is 0.251. The van der Waals surface area contributed by atoms with Gasteiger partial charge in [0, 0.05) is 22.7 Å². The zero-order chi connectivity index (χ0) is 33.0. The third kappa shape index (κ3) is 9.93. The summed E-state index contributed by atoms with van der Waals surface area (Å²) >= 11 is 1.28. The Balaban J connectivity index is 0.000000532. The van der Waals surface area contributed by atoms with Crippen molar-refractivity contribution in [1.29, 1.82) is 0 Å². The van der Waals surface area contributed by atoms with Gasteiger partial charge >= 0.3 is 0 Å². The molecule has 0 bridgehead atoms. The molecule has 0 spiro atoms. The van der Waals surface area contributed by atoms with Crippen LogP contribution in [0.4, 0.5) is 5.13 Å². The minimum absolute atomic E-state index is 0.0322. The van der Waals surface area contributed by atoms with Gasteiger partial charge in [0.2, 0.25) is 5.91 Å². The number of amides is 2. The van der Waals surface area contributed by atoms with Crippen LogP contribution in [0.1, 0.15) is 113 Å². The SMILES string of the molecule is C/C=C\c1ccc(-c2csc(NC(=O)C(CC)NC(=O)c3ccn(C4(C)COC4)n3)n2)cc1C(C)=O.CC1CCC1.CCCC. The largest absolute Gasteiger partial charge is 0.376 e. The molecular formula is C35H49N5O4S. The van der Waals surface area contributed by atoms with E-state index in [4.69, 9.17) is 4.74 Å². The van der Waals surface area contributed by atoms with Crippen molar-refractivity contribution < 1.29 is 19.1 Å². The Morgan fingerprint density at radius 1 is 1.16 bits per heavy atom. The minimum Gasteiger partial charge on any atom is -0.376 e. The van der Waals surface area contributed by atoms with Crippen molar-refractivity contribution in [1.82, 2.24) is 20.1 Å². The Morgan fingerprint density at radius 2 is 1.84 bits per heavy atom. The van der Waals surface area contributed by atoms with Gasteiger partial charge < -0.3 is 15.4 Å². The first kappa shape index (κ1) is 35.8. The van der Waals surface area contributed by atoms with Gasteiger partial charge in [-0.3, -0.25) is 19.1 Å². The number of anilines is 1. The number of aromatic nitrogens is 3. The Hall–Kier alpha value is -3.63. The molecule has 2 fully saturated rings. The number of nitrogens with zero attached hydrogens (tertiary/aromatic N) is 3. The van der Waals surface area contributed by atoms with Gasteiger partial charge in [-0.1, -0.05) is 84.1 Å². The summed E-state index contributed by atoms with van der Waals surface area (Å²) in [4.78, 5) is 42.2. The summed E-state index contributed by atoms with van der Waals surface area (Å²) in [6, 6.07) is 6.47. The normalized spacial score (nSPS) is 15.8. The number of benzene rings is 1. The number of carbonyl (C=O) groups is 3. The fourth-order valence-electron chi connectivity index (χ4n) is 4.47. The fraction of sp³-hybridized carbons (Fsp3) is 0.514. The average Bonchev–Trinajstić information content (AvgIpc) is 3.69. The van der Waals surface area contributed by atoms with Gasteiger partial charge in [0.15, 0.2) is 10.9 Å². The van der Waals surface area contributed by atoms with Gasteiger partial charge in [0.25, 0.3) is 5.91 Å². The minimum atomic E-state index is -0.748. The third-order valence-electron chi connectivity index (χ3n) is 7.93. The summed E-state index contributed by atoms with van der Waals surface area (Å²) < 4.78 is 6.98. The first-order valence-electron chi connectivity index (χ1n) is 16.0. The number of Topliss-reactive ketones (excluding diaryl/α,β-unsaturated/α-hetero) is 1. The molecular weight excluding hydrogens is 586 g/mol. The predicted octanol–water partition coefficient (Wildman–Crippen LogP) is 7.75. The summed E-state index contributed by atoms with van der Waals surface area (Å²) in [5, 5.41) is 12.1. The number of hydrogen-bond donors (Lipinski definition) is 2. The van der Waals surface area contributed by atoms with E-state index in [1.165, 1.54) is 50.4 Å². The van der Waals surface area contributed by atoms with E-state index in [0.29, 0.717) is 36.0 Å². The highest BCUT2D eigenvalue weighted by molar-refractivity contribution is 7.14. The van der Waals surface area contributed by atoms with E-state index in [1.54, 1.807) is 16.9 Å². The molecule has 2 N–H and O–H groups in total. The number of ketones is 1. The zero-order valence-corrected chi connectivity index (χ0v) is 28.6. The number of thiazole rings is 1. The first-order valence-corrected chi connectivity index (χ1v) is 16.9. The molecule has 5 rings (SSSR count). The van der Waals surface area contributed by atoms with Gasteiger partial charge in [-0.2, -0.15) is 5.10 Å². The van der Waals surface area contributed by atoms with Crippen LogP contribution in [-0.2, 0) is 15.1 Å². The van der Waals surface area contributed by atoms with Gasteiger partial charge in [-0.05, 0) is 50.8 Å². The first-order chi connectivity index (χ1) is 21.5. The molecule has 9 nitrogen and oxygen atoms in total. The number of rotatable bonds is 10. The lowest BCUT2D eigenvalue weighted by molar-refractivity contribution is -0.118. The van der Waals surface area contributed by atoms with Crippen molar-refractivity contribution in [2.24, 2.45) is 5.92 Å². The van der Waals surface area contributed by atoms with E-state index in [-0.39, 0.29) is 22.9 Å². The molecule has 1 aliphatic heterocycles. The van der Waals surface area contributed by atoms with Crippen LogP contribution in [0.25, 0.3) is 17.3 Å². The van der Waals surface area contributed by atoms with E-state index in [0.717, 1.165) is 17.0 Å². The van der Waals surface area contributed by atoms with Crippen molar-refractivity contribution in [3.05, 3.63) is 58.7 Å². The van der Waals surface area contributed by atoms with Crippen molar-refractivity contribution in [3.63, 3.8) is 0 Å². The second kappa shape index (κ2) is 17.2. The van der Waals surface area contributed by atoms with Gasteiger partial charge in [0.05, 0.1) is 18.9 Å². The number of unbranched alkanes of at least 4 members (excludes halogenated alkanes) is 1. The zero-order valence-electron chi connectivity index (χ0n) is 27.8. The lowest BCUT2D eigenvalue weighted by atomic mass is 9.88. The van der Waals surface area contributed by atoms with E-state index >= 15 is 0 Å². The van der Waals surface area contributed by atoms with Crippen molar-refractivity contribution in [3.8, 4) is 11.3 Å². The molecule has 1 saturated heterocycles. The van der Waals surface area contributed by atoms with Crippen LogP contribution in [0, 0.1) is 5.92 Å². The Kier molecular flexibility index (Phi) is 13.7. The van der Waals surface area contributed by atoms with Crippen LogP contribution in [0.3, 0.4) is 0 Å². The van der Waals surface area contributed by atoms with Crippen molar-refractivity contribution >= 4 is 40.1 Å². The summed E-state index contributed by atoms with van der Waals surface area (Å²) in [7, 11) is 0. The lowest BCUT2D eigenvalue weighted by Gasteiger charge is -2.38. The molecule has 3 aromatic rings. The van der Waals surface area contributed by atoms with Crippen LogP contribution in [0.5, 0.6) is 0 Å². The molecule has 1 unspecified atom stereocenters. The van der Waals surface area contributed by atoms with Crippen LogP contribution in [0.15, 0.2) is 41.9 Å². The van der Waals surface area contributed by atoms with E-state index in [1.807, 2.05) is 56.5 Å². The predicted molar refractivity (Wildman–Crippen MR) is 183 cm³/mol. The van der Waals surface area contributed by atoms with Crippen molar-refractivity contribution in [2.75, 3.05) is 18.5 Å². The maximum absolute atomic E-state index is 12.9. The number of hydrogen-bond acceptors (Lipinski definition) is 7. The van der Waals surface area contributed by atoms with Crippen LogP contribution in [0.2, 0.25) is 0 Å². The summed E-state index contributed by atoms with van der Waals surface area (Å²) in [6.45, 7) is 15.0. The molecule has 1 saturated carbocycles. The lowest BCUT2D eigenvalue weighted by Crippen LogP contribution is -2.49. The molecule has 1 aliphatic carbocycles.